The van der Waals surface area contributed by atoms with Crippen LogP contribution in [0.5, 0.6) is 0 Å². The van der Waals surface area contributed by atoms with Crippen LogP contribution in [-0.2, 0) is 9.84 Å². The van der Waals surface area contributed by atoms with E-state index in [0.29, 0.717) is 11.7 Å². The highest BCUT2D eigenvalue weighted by atomic mass is 32.2. The largest absolute Gasteiger partial charge is 0.397 e. The lowest BCUT2D eigenvalue weighted by Crippen LogP contribution is -2.26. The van der Waals surface area contributed by atoms with Crippen molar-refractivity contribution in [1.29, 1.82) is 0 Å². The Kier molecular flexibility index (Phi) is 2.96. The van der Waals surface area contributed by atoms with Gasteiger partial charge in [0.25, 0.3) is 0 Å². The number of benzene rings is 1. The fraction of sp³-hybridized carbons (Fsp3) is 0.571. The molecule has 0 saturated heterocycles. The second-order valence-electron chi connectivity index (χ2n) is 5.95. The molecule has 19 heavy (non-hydrogen) atoms. The smallest absolute Gasteiger partial charge is 0.175 e. The predicted octanol–water partition coefficient (Wildman–Crippen LogP) is 2.27. The molecule has 3 unspecified atom stereocenters. The maximum Gasteiger partial charge on any atom is 0.175 e. The second kappa shape index (κ2) is 4.40. The van der Waals surface area contributed by atoms with Gasteiger partial charge in [-0.15, -0.1) is 0 Å². The molecule has 1 aromatic rings. The van der Waals surface area contributed by atoms with Crippen LogP contribution in [0.1, 0.15) is 25.7 Å². The summed E-state index contributed by atoms with van der Waals surface area (Å²) in [5.74, 6) is 1.64. The van der Waals surface area contributed by atoms with E-state index in [1.807, 2.05) is 0 Å². The number of rotatable bonds is 3. The SMILES string of the molecule is CS(=O)(=O)c1ccc(NC2CC3CCC2C3)c(N)c1. The molecule has 3 rings (SSSR count). The van der Waals surface area contributed by atoms with Gasteiger partial charge in [-0.2, -0.15) is 0 Å². The first kappa shape index (κ1) is 12.8. The normalized spacial score (nSPS) is 29.6. The van der Waals surface area contributed by atoms with Crippen LogP contribution in [0.2, 0.25) is 0 Å². The van der Waals surface area contributed by atoms with Crippen molar-refractivity contribution in [3.63, 3.8) is 0 Å². The predicted molar refractivity (Wildman–Crippen MR) is 76.8 cm³/mol. The van der Waals surface area contributed by atoms with Crippen LogP contribution in [0.15, 0.2) is 23.1 Å². The molecule has 0 aromatic heterocycles. The summed E-state index contributed by atoms with van der Waals surface area (Å²) in [4.78, 5) is 0.281. The summed E-state index contributed by atoms with van der Waals surface area (Å²) in [7, 11) is -3.19. The van der Waals surface area contributed by atoms with E-state index in [4.69, 9.17) is 5.73 Å². The monoisotopic (exact) mass is 280 g/mol. The molecule has 2 saturated carbocycles. The van der Waals surface area contributed by atoms with Crippen molar-refractivity contribution in [2.75, 3.05) is 17.3 Å². The molecule has 104 valence electrons. The Morgan fingerprint density at radius 3 is 2.58 bits per heavy atom. The van der Waals surface area contributed by atoms with Gasteiger partial charge in [0.1, 0.15) is 0 Å². The van der Waals surface area contributed by atoms with Gasteiger partial charge in [-0.05, 0) is 49.3 Å². The highest BCUT2D eigenvalue weighted by Crippen LogP contribution is 2.45. The molecule has 0 aliphatic heterocycles. The summed E-state index contributed by atoms with van der Waals surface area (Å²) in [6.45, 7) is 0. The molecule has 5 heteroatoms. The Bertz CT molecular complexity index is 597. The Balaban J connectivity index is 1.79. The quantitative estimate of drug-likeness (QED) is 0.833. The van der Waals surface area contributed by atoms with Crippen molar-refractivity contribution < 1.29 is 8.42 Å². The zero-order chi connectivity index (χ0) is 13.6. The summed E-state index contributed by atoms with van der Waals surface area (Å²) in [6.07, 6.45) is 6.43. The van der Waals surface area contributed by atoms with Crippen molar-refractivity contribution in [1.82, 2.24) is 0 Å². The highest BCUT2D eigenvalue weighted by molar-refractivity contribution is 7.90. The molecule has 2 fully saturated rings. The maximum absolute atomic E-state index is 11.5. The number of fused-ring (bicyclic) bond motifs is 2. The number of anilines is 2. The fourth-order valence-corrected chi connectivity index (χ4v) is 4.18. The van der Waals surface area contributed by atoms with Crippen molar-refractivity contribution in [3.05, 3.63) is 18.2 Å². The molecule has 3 N–H and O–H groups in total. The van der Waals surface area contributed by atoms with Crippen molar-refractivity contribution in [2.45, 2.75) is 36.6 Å². The molecule has 1 aromatic carbocycles. The van der Waals surface area contributed by atoms with Gasteiger partial charge >= 0.3 is 0 Å². The fourth-order valence-electron chi connectivity index (χ4n) is 3.52. The van der Waals surface area contributed by atoms with Gasteiger partial charge in [0.2, 0.25) is 0 Å². The number of hydrogen-bond acceptors (Lipinski definition) is 4. The molecule has 2 aliphatic rings. The van der Waals surface area contributed by atoms with Gasteiger partial charge in [-0.3, -0.25) is 0 Å². The van der Waals surface area contributed by atoms with E-state index in [2.05, 4.69) is 5.32 Å². The van der Waals surface area contributed by atoms with E-state index in [-0.39, 0.29) is 4.90 Å². The van der Waals surface area contributed by atoms with E-state index < -0.39 is 9.84 Å². The van der Waals surface area contributed by atoms with E-state index in [0.717, 1.165) is 17.5 Å². The molecule has 0 heterocycles. The van der Waals surface area contributed by atoms with E-state index >= 15 is 0 Å². The third kappa shape index (κ3) is 2.43. The van der Waals surface area contributed by atoms with E-state index in [1.54, 1.807) is 18.2 Å². The van der Waals surface area contributed by atoms with Crippen molar-refractivity contribution in [2.24, 2.45) is 11.8 Å². The standard InChI is InChI=1S/C14H20N2O2S/c1-19(17,18)11-4-5-13(12(15)8-11)16-14-7-9-2-3-10(14)6-9/h4-5,8-10,14,16H,2-3,6-7,15H2,1H3. The average molecular weight is 280 g/mol. The molecule has 2 aliphatic carbocycles. The van der Waals surface area contributed by atoms with Crippen LogP contribution in [-0.4, -0.2) is 20.7 Å². The van der Waals surface area contributed by atoms with Crippen LogP contribution in [0, 0.1) is 11.8 Å². The highest BCUT2D eigenvalue weighted by Gasteiger charge is 2.39. The Labute approximate surface area is 114 Å². The molecular formula is C14H20N2O2S. The Hall–Kier alpha value is -1.23. The van der Waals surface area contributed by atoms with Crippen molar-refractivity contribution >= 4 is 21.2 Å². The summed E-state index contributed by atoms with van der Waals surface area (Å²) < 4.78 is 22.9. The Morgan fingerprint density at radius 1 is 1.26 bits per heavy atom. The van der Waals surface area contributed by atoms with Gasteiger partial charge in [0.05, 0.1) is 16.3 Å². The number of sulfone groups is 1. The first-order chi connectivity index (χ1) is 8.93. The molecule has 2 bridgehead atoms. The van der Waals surface area contributed by atoms with Crippen LogP contribution in [0.3, 0.4) is 0 Å². The van der Waals surface area contributed by atoms with Gasteiger partial charge in [-0.25, -0.2) is 8.42 Å². The number of hydrogen-bond donors (Lipinski definition) is 2. The summed E-state index contributed by atoms with van der Waals surface area (Å²) in [6, 6.07) is 5.47. The van der Waals surface area contributed by atoms with Gasteiger partial charge < -0.3 is 11.1 Å². The molecule has 3 atom stereocenters. The summed E-state index contributed by atoms with van der Waals surface area (Å²) in [5, 5.41) is 3.50. The van der Waals surface area contributed by atoms with Crippen LogP contribution < -0.4 is 11.1 Å². The topological polar surface area (TPSA) is 72.2 Å². The third-order valence-electron chi connectivity index (χ3n) is 4.53. The molecule has 0 amide bonds. The molecule has 0 radical (unpaired) electrons. The minimum absolute atomic E-state index is 0.281. The van der Waals surface area contributed by atoms with Crippen LogP contribution in [0.4, 0.5) is 11.4 Å². The second-order valence-corrected chi connectivity index (χ2v) is 7.96. The Morgan fingerprint density at radius 2 is 2.05 bits per heavy atom. The minimum atomic E-state index is -3.19. The van der Waals surface area contributed by atoms with E-state index in [9.17, 15) is 8.42 Å². The summed E-state index contributed by atoms with van der Waals surface area (Å²) >= 11 is 0. The molecule has 4 nitrogen and oxygen atoms in total. The average Bonchev–Trinajstić information content (AvgIpc) is 2.92. The first-order valence-electron chi connectivity index (χ1n) is 6.79. The first-order valence-corrected chi connectivity index (χ1v) is 8.69. The van der Waals surface area contributed by atoms with Crippen LogP contribution >= 0.6 is 0 Å². The summed E-state index contributed by atoms with van der Waals surface area (Å²) in [5.41, 5.74) is 7.35. The maximum atomic E-state index is 11.5. The third-order valence-corrected chi connectivity index (χ3v) is 5.64. The van der Waals surface area contributed by atoms with E-state index in [1.165, 1.54) is 31.9 Å². The van der Waals surface area contributed by atoms with Gasteiger partial charge in [-0.1, -0.05) is 6.42 Å². The molecule has 0 spiro atoms. The number of nitrogens with one attached hydrogen (secondary N) is 1. The van der Waals surface area contributed by atoms with Crippen LogP contribution in [0.25, 0.3) is 0 Å². The lowest BCUT2D eigenvalue weighted by molar-refractivity contribution is 0.440. The number of nitrogens with two attached hydrogens (primary N) is 1. The molecular weight excluding hydrogens is 260 g/mol. The zero-order valence-electron chi connectivity index (χ0n) is 11.1. The zero-order valence-corrected chi connectivity index (χ0v) is 11.9. The van der Waals surface area contributed by atoms with Gasteiger partial charge in [0, 0.05) is 12.3 Å². The minimum Gasteiger partial charge on any atom is -0.397 e. The van der Waals surface area contributed by atoms with Gasteiger partial charge in [0.15, 0.2) is 9.84 Å². The lowest BCUT2D eigenvalue weighted by atomic mass is 9.95. The lowest BCUT2D eigenvalue weighted by Gasteiger charge is -2.24. The van der Waals surface area contributed by atoms with Crippen molar-refractivity contribution in [3.8, 4) is 0 Å². The number of nitrogen functional groups attached to an aromatic ring is 1.